The average molecular weight is 385 g/mol. The molecule has 0 bridgehead atoms. The Hall–Kier alpha value is -2.33. The fourth-order valence-electron chi connectivity index (χ4n) is 3.78. The summed E-state index contributed by atoms with van der Waals surface area (Å²) >= 11 is 6.54. The highest BCUT2D eigenvalue weighted by atomic mass is 35.5. The van der Waals surface area contributed by atoms with Crippen LogP contribution in [0.4, 0.5) is 11.4 Å². The van der Waals surface area contributed by atoms with Crippen molar-refractivity contribution in [1.82, 2.24) is 0 Å². The lowest BCUT2D eigenvalue weighted by Gasteiger charge is -2.45. The van der Waals surface area contributed by atoms with Gasteiger partial charge in [0.15, 0.2) is 0 Å². The SMILES string of the molecule is Cc1cc(C(=O)O)ccc1N=Cc1cc2c(cc1Cl)N(C)C(C)(C)CC2C. The van der Waals surface area contributed by atoms with E-state index >= 15 is 0 Å². The van der Waals surface area contributed by atoms with Crippen molar-refractivity contribution in [2.75, 3.05) is 11.9 Å². The van der Waals surface area contributed by atoms with Gasteiger partial charge in [-0.3, -0.25) is 4.99 Å². The third-order valence-corrected chi connectivity index (χ3v) is 5.87. The first kappa shape index (κ1) is 19.4. The molecule has 2 aromatic carbocycles. The molecule has 0 spiro atoms. The molecule has 1 N–H and O–H groups in total. The molecule has 0 radical (unpaired) electrons. The summed E-state index contributed by atoms with van der Waals surface area (Å²) in [4.78, 5) is 17.9. The minimum Gasteiger partial charge on any atom is -0.478 e. The maximum absolute atomic E-state index is 11.1. The largest absolute Gasteiger partial charge is 0.478 e. The Morgan fingerprint density at radius 2 is 2.04 bits per heavy atom. The average Bonchev–Trinajstić information content (AvgIpc) is 2.58. The zero-order valence-electron chi connectivity index (χ0n) is 16.4. The van der Waals surface area contributed by atoms with Crippen LogP contribution in [-0.2, 0) is 0 Å². The number of hydrogen-bond donors (Lipinski definition) is 1. The number of carboxylic acid groups (broad SMARTS) is 1. The molecule has 0 fully saturated rings. The fourth-order valence-corrected chi connectivity index (χ4v) is 3.98. The van der Waals surface area contributed by atoms with Crippen molar-refractivity contribution in [3.8, 4) is 0 Å². The Labute approximate surface area is 165 Å². The number of carbonyl (C=O) groups is 1. The quantitative estimate of drug-likeness (QED) is 0.678. The van der Waals surface area contributed by atoms with E-state index in [2.05, 4.69) is 43.8 Å². The Kier molecular flexibility index (Phi) is 5.04. The van der Waals surface area contributed by atoms with Gasteiger partial charge in [-0.2, -0.15) is 0 Å². The molecule has 0 aliphatic carbocycles. The predicted molar refractivity (Wildman–Crippen MR) is 112 cm³/mol. The first-order valence-electron chi connectivity index (χ1n) is 9.05. The van der Waals surface area contributed by atoms with Gasteiger partial charge in [-0.15, -0.1) is 0 Å². The van der Waals surface area contributed by atoms with E-state index in [1.54, 1.807) is 24.4 Å². The van der Waals surface area contributed by atoms with Crippen molar-refractivity contribution >= 4 is 35.2 Å². The molecule has 0 saturated carbocycles. The Bertz CT molecular complexity index is 934. The lowest BCUT2D eigenvalue weighted by atomic mass is 9.80. The molecule has 0 aromatic heterocycles. The highest BCUT2D eigenvalue weighted by Crippen LogP contribution is 2.44. The third-order valence-electron chi connectivity index (χ3n) is 5.54. The van der Waals surface area contributed by atoms with Gasteiger partial charge < -0.3 is 10.0 Å². The molecule has 1 atom stereocenters. The smallest absolute Gasteiger partial charge is 0.335 e. The van der Waals surface area contributed by atoms with Crippen molar-refractivity contribution in [2.45, 2.75) is 45.6 Å². The zero-order valence-corrected chi connectivity index (χ0v) is 17.1. The van der Waals surface area contributed by atoms with Crippen LogP contribution >= 0.6 is 11.6 Å². The molecular weight excluding hydrogens is 360 g/mol. The van der Waals surface area contributed by atoms with E-state index in [0.29, 0.717) is 10.9 Å². The van der Waals surface area contributed by atoms with E-state index in [1.165, 1.54) is 11.3 Å². The van der Waals surface area contributed by atoms with E-state index in [9.17, 15) is 4.79 Å². The zero-order chi connectivity index (χ0) is 19.9. The summed E-state index contributed by atoms with van der Waals surface area (Å²) < 4.78 is 0. The fraction of sp³-hybridized carbons (Fsp3) is 0.364. The maximum atomic E-state index is 11.1. The Morgan fingerprint density at radius 3 is 2.67 bits per heavy atom. The van der Waals surface area contributed by atoms with Crippen molar-refractivity contribution in [1.29, 1.82) is 0 Å². The van der Waals surface area contributed by atoms with Crippen LogP contribution < -0.4 is 4.90 Å². The third kappa shape index (κ3) is 3.72. The summed E-state index contributed by atoms with van der Waals surface area (Å²) in [6.07, 6.45) is 2.84. The van der Waals surface area contributed by atoms with Crippen LogP contribution in [0, 0.1) is 6.92 Å². The molecule has 3 rings (SSSR count). The molecule has 1 aliphatic heterocycles. The van der Waals surface area contributed by atoms with E-state index in [4.69, 9.17) is 16.7 Å². The van der Waals surface area contributed by atoms with Crippen LogP contribution in [-0.4, -0.2) is 29.9 Å². The van der Waals surface area contributed by atoms with Crippen LogP contribution in [0.25, 0.3) is 0 Å². The molecule has 0 saturated heterocycles. The lowest BCUT2D eigenvalue weighted by Crippen LogP contribution is -2.45. The topological polar surface area (TPSA) is 52.9 Å². The second kappa shape index (κ2) is 7.01. The number of halogens is 1. The normalized spacial score (nSPS) is 18.6. The number of nitrogens with zero attached hydrogens (tertiary/aromatic N) is 2. The number of carboxylic acids is 1. The van der Waals surface area contributed by atoms with Gasteiger partial charge in [0.05, 0.1) is 16.3 Å². The molecule has 1 heterocycles. The lowest BCUT2D eigenvalue weighted by molar-refractivity contribution is 0.0697. The van der Waals surface area contributed by atoms with E-state index < -0.39 is 5.97 Å². The second-order valence-corrected chi connectivity index (χ2v) is 8.38. The van der Waals surface area contributed by atoms with Gasteiger partial charge in [-0.05, 0) is 74.6 Å². The molecule has 142 valence electrons. The molecule has 1 unspecified atom stereocenters. The van der Waals surface area contributed by atoms with Gasteiger partial charge >= 0.3 is 5.97 Å². The van der Waals surface area contributed by atoms with Gasteiger partial charge in [0.25, 0.3) is 0 Å². The summed E-state index contributed by atoms with van der Waals surface area (Å²) in [6.45, 7) is 8.60. The van der Waals surface area contributed by atoms with Gasteiger partial charge in [0, 0.05) is 30.1 Å². The highest BCUT2D eigenvalue weighted by Gasteiger charge is 2.34. The number of hydrogen-bond acceptors (Lipinski definition) is 3. The first-order valence-corrected chi connectivity index (χ1v) is 9.43. The van der Waals surface area contributed by atoms with Crippen LogP contribution in [0.5, 0.6) is 0 Å². The van der Waals surface area contributed by atoms with Crippen LogP contribution in [0.2, 0.25) is 5.02 Å². The summed E-state index contributed by atoms with van der Waals surface area (Å²) in [5.41, 5.74) is 5.22. The number of anilines is 1. The molecule has 1 aliphatic rings. The van der Waals surface area contributed by atoms with Crippen molar-refractivity contribution < 1.29 is 9.90 Å². The molecular formula is C22H25ClN2O2. The Morgan fingerprint density at radius 1 is 1.33 bits per heavy atom. The highest BCUT2D eigenvalue weighted by molar-refractivity contribution is 6.33. The molecule has 5 heteroatoms. The summed E-state index contributed by atoms with van der Waals surface area (Å²) in [5.74, 6) is -0.500. The predicted octanol–water partition coefficient (Wildman–Crippen LogP) is 5.82. The van der Waals surface area contributed by atoms with Crippen molar-refractivity contribution in [3.63, 3.8) is 0 Å². The van der Waals surface area contributed by atoms with Crippen LogP contribution in [0.15, 0.2) is 35.3 Å². The van der Waals surface area contributed by atoms with Gasteiger partial charge in [-0.1, -0.05) is 18.5 Å². The van der Waals surface area contributed by atoms with Crippen LogP contribution in [0.1, 0.15) is 60.2 Å². The minimum atomic E-state index is -0.938. The summed E-state index contributed by atoms with van der Waals surface area (Å²) in [6, 6.07) is 9.06. The summed E-state index contributed by atoms with van der Waals surface area (Å²) in [7, 11) is 2.11. The van der Waals surface area contributed by atoms with Crippen LogP contribution in [0.3, 0.4) is 0 Å². The maximum Gasteiger partial charge on any atom is 0.335 e. The number of benzene rings is 2. The number of aliphatic imine (C=N–C) groups is 1. The monoisotopic (exact) mass is 384 g/mol. The standard InChI is InChI=1S/C22H25ClN2O2/c1-13-8-15(21(26)27)6-7-19(13)24-12-16-9-17-14(2)11-22(3,4)25(5)20(17)10-18(16)23/h6-10,12,14H,11H2,1-5H3,(H,26,27). The van der Waals surface area contributed by atoms with Gasteiger partial charge in [-0.25, -0.2) is 4.79 Å². The van der Waals surface area contributed by atoms with Gasteiger partial charge in [0.2, 0.25) is 0 Å². The first-order chi connectivity index (χ1) is 12.6. The minimum absolute atomic E-state index is 0.0916. The molecule has 0 amide bonds. The number of fused-ring (bicyclic) bond motifs is 1. The summed E-state index contributed by atoms with van der Waals surface area (Å²) in [5, 5.41) is 9.74. The van der Waals surface area contributed by atoms with E-state index in [1.807, 2.05) is 13.0 Å². The molecule has 27 heavy (non-hydrogen) atoms. The van der Waals surface area contributed by atoms with Gasteiger partial charge in [0.1, 0.15) is 0 Å². The molecule has 2 aromatic rings. The van der Waals surface area contributed by atoms with Crippen molar-refractivity contribution in [3.05, 3.63) is 57.6 Å². The number of aromatic carboxylic acids is 1. The van der Waals surface area contributed by atoms with Crippen molar-refractivity contribution in [2.24, 2.45) is 4.99 Å². The number of aryl methyl sites for hydroxylation is 1. The number of rotatable bonds is 3. The molecule has 4 nitrogen and oxygen atoms in total. The van der Waals surface area contributed by atoms with E-state index in [-0.39, 0.29) is 11.1 Å². The Balaban J connectivity index is 1.96. The van der Waals surface area contributed by atoms with E-state index in [0.717, 1.165) is 23.2 Å². The second-order valence-electron chi connectivity index (χ2n) is 7.97.